The van der Waals surface area contributed by atoms with Crippen LogP contribution in [0.4, 0.5) is 26.3 Å². The van der Waals surface area contributed by atoms with Gasteiger partial charge in [-0.25, -0.2) is 0 Å². The second-order valence-corrected chi connectivity index (χ2v) is 5.10. The smallest absolute Gasteiger partial charge is 0.166 e. The molecule has 0 atom stereocenters. The first-order valence-corrected chi connectivity index (χ1v) is 6.34. The van der Waals surface area contributed by atoms with Crippen molar-refractivity contribution < 1.29 is 26.3 Å². The molecule has 0 bridgehead atoms. The Kier molecular flexibility index (Phi) is 4.06. The maximum atomic E-state index is 13.0. The van der Waals surface area contributed by atoms with Crippen LogP contribution in [0.5, 0.6) is 0 Å². The predicted octanol–water partition coefficient (Wildman–Crippen LogP) is 5.95. The molecule has 2 rings (SSSR count). The second kappa shape index (κ2) is 5.36. The van der Waals surface area contributed by atoms with Gasteiger partial charge in [-0.1, -0.05) is 28.1 Å². The van der Waals surface area contributed by atoms with E-state index in [2.05, 4.69) is 22.0 Å². The average molecular weight is 368 g/mol. The van der Waals surface area contributed by atoms with E-state index in [9.17, 15) is 26.3 Å². The molecule has 1 radical (unpaired) electrons. The summed E-state index contributed by atoms with van der Waals surface area (Å²) >= 11 is 3.13. The van der Waals surface area contributed by atoms with Gasteiger partial charge >= 0.3 is 12.4 Å². The minimum absolute atomic E-state index is 0.105. The molecule has 0 N–H and O–H groups in total. The van der Waals surface area contributed by atoms with Crippen LogP contribution in [0.2, 0.25) is 0 Å². The van der Waals surface area contributed by atoms with Gasteiger partial charge in [0, 0.05) is 10.0 Å². The maximum absolute atomic E-state index is 13.0. The lowest BCUT2D eigenvalue weighted by molar-refractivity contribution is -0.142. The van der Waals surface area contributed by atoms with E-state index in [-0.39, 0.29) is 11.6 Å². The number of hydrogen-bond acceptors (Lipinski definition) is 0. The second-order valence-electron chi connectivity index (χ2n) is 4.18. The highest BCUT2D eigenvalue weighted by Gasteiger charge is 2.38. The zero-order valence-corrected chi connectivity index (χ0v) is 11.7. The number of rotatable bonds is 1. The Bertz CT molecular complexity index is 640. The Morgan fingerprint density at radius 3 is 1.90 bits per heavy atom. The van der Waals surface area contributed by atoms with Gasteiger partial charge < -0.3 is 0 Å². The average Bonchev–Trinajstić information content (AvgIpc) is 2.37. The fraction of sp³-hybridized carbons (Fsp3) is 0.143. The molecule has 2 aromatic rings. The largest absolute Gasteiger partial charge is 0.417 e. The van der Waals surface area contributed by atoms with Crippen molar-refractivity contribution in [1.29, 1.82) is 0 Å². The Morgan fingerprint density at radius 1 is 0.857 bits per heavy atom. The molecule has 0 saturated carbocycles. The molecule has 0 aliphatic rings. The van der Waals surface area contributed by atoms with Crippen molar-refractivity contribution in [3.8, 4) is 11.1 Å². The molecule has 0 fully saturated rings. The molecule has 0 spiro atoms. The summed E-state index contributed by atoms with van der Waals surface area (Å²) in [5, 5.41) is 0. The molecular formula is C14H6BrF6. The van der Waals surface area contributed by atoms with Gasteiger partial charge in [-0.3, -0.25) is 0 Å². The molecule has 2 aromatic carbocycles. The Labute approximate surface area is 124 Å². The first kappa shape index (κ1) is 15.9. The first-order valence-electron chi connectivity index (χ1n) is 5.55. The molecule has 0 saturated heterocycles. The molecular weight excluding hydrogens is 362 g/mol. The number of alkyl halides is 6. The van der Waals surface area contributed by atoms with Crippen molar-refractivity contribution in [2.75, 3.05) is 0 Å². The van der Waals surface area contributed by atoms with E-state index in [1.54, 1.807) is 0 Å². The van der Waals surface area contributed by atoms with Crippen LogP contribution in [0.3, 0.4) is 0 Å². The summed E-state index contributed by atoms with van der Waals surface area (Å²) in [7, 11) is 0. The van der Waals surface area contributed by atoms with E-state index in [0.29, 0.717) is 10.5 Å². The van der Waals surface area contributed by atoms with Crippen LogP contribution < -0.4 is 0 Å². The minimum Gasteiger partial charge on any atom is -0.166 e. The summed E-state index contributed by atoms with van der Waals surface area (Å²) in [6.45, 7) is 0. The number of benzene rings is 2. The van der Waals surface area contributed by atoms with Gasteiger partial charge in [0.05, 0.1) is 11.1 Å². The van der Waals surface area contributed by atoms with Crippen LogP contribution in [0.25, 0.3) is 11.1 Å². The maximum Gasteiger partial charge on any atom is 0.417 e. The molecule has 0 nitrogen and oxygen atoms in total. The molecule has 0 aliphatic carbocycles. The molecule has 111 valence electrons. The molecule has 0 unspecified atom stereocenters. The van der Waals surface area contributed by atoms with Crippen LogP contribution in [0, 0.1) is 6.07 Å². The Morgan fingerprint density at radius 2 is 1.43 bits per heavy atom. The number of hydrogen-bond donors (Lipinski definition) is 0. The quantitative estimate of drug-likeness (QED) is 0.546. The normalized spacial score (nSPS) is 12.5. The highest BCUT2D eigenvalue weighted by molar-refractivity contribution is 9.10. The van der Waals surface area contributed by atoms with Gasteiger partial charge in [-0.2, -0.15) is 26.3 Å². The van der Waals surface area contributed by atoms with Gasteiger partial charge in [-0.15, -0.1) is 0 Å². The molecule has 0 amide bonds. The highest BCUT2D eigenvalue weighted by atomic mass is 79.9. The summed E-state index contributed by atoms with van der Waals surface area (Å²) < 4.78 is 77.2. The summed E-state index contributed by atoms with van der Waals surface area (Å²) in [5.74, 6) is 0. The lowest BCUT2D eigenvalue weighted by Gasteiger charge is -2.15. The Hall–Kier alpha value is -1.50. The van der Waals surface area contributed by atoms with E-state index in [0.717, 1.165) is 0 Å². The van der Waals surface area contributed by atoms with Gasteiger partial charge in [-0.05, 0) is 35.9 Å². The molecule has 7 heteroatoms. The van der Waals surface area contributed by atoms with Crippen LogP contribution in [-0.2, 0) is 12.4 Å². The predicted molar refractivity (Wildman–Crippen MR) is 68.4 cm³/mol. The third-order valence-electron chi connectivity index (χ3n) is 2.71. The SMILES string of the molecule is FC(F)(F)c1c[c]c(-c2ccc(Br)cc2)c(C(F)(F)F)c1. The van der Waals surface area contributed by atoms with E-state index in [1.807, 2.05) is 0 Å². The van der Waals surface area contributed by atoms with Gasteiger partial charge in [0.15, 0.2) is 0 Å². The molecule has 0 heterocycles. The fourth-order valence-corrected chi connectivity index (χ4v) is 2.00. The summed E-state index contributed by atoms with van der Waals surface area (Å²) in [4.78, 5) is 0. The summed E-state index contributed by atoms with van der Waals surface area (Å²) in [5.41, 5.74) is -3.02. The lowest BCUT2D eigenvalue weighted by Crippen LogP contribution is -2.12. The van der Waals surface area contributed by atoms with Crippen LogP contribution in [0.1, 0.15) is 11.1 Å². The van der Waals surface area contributed by atoms with E-state index < -0.39 is 29.0 Å². The van der Waals surface area contributed by atoms with Crippen molar-refractivity contribution in [2.24, 2.45) is 0 Å². The zero-order valence-electron chi connectivity index (χ0n) is 10.1. The van der Waals surface area contributed by atoms with E-state index >= 15 is 0 Å². The highest BCUT2D eigenvalue weighted by Crippen LogP contribution is 2.40. The minimum atomic E-state index is -4.90. The van der Waals surface area contributed by atoms with Crippen molar-refractivity contribution in [3.05, 3.63) is 58.1 Å². The molecule has 21 heavy (non-hydrogen) atoms. The first-order chi connectivity index (χ1) is 9.59. The standard InChI is InChI=1S/C14H6BrF6/c15-10-4-1-8(2-5-10)11-6-3-9(13(16,17)18)7-12(11)14(19,20)21/h1-5,7H. The fourth-order valence-electron chi connectivity index (χ4n) is 1.74. The van der Waals surface area contributed by atoms with E-state index in [4.69, 9.17) is 0 Å². The van der Waals surface area contributed by atoms with Gasteiger partial charge in [0.1, 0.15) is 0 Å². The summed E-state index contributed by atoms with van der Waals surface area (Å²) in [6.07, 6.45) is -9.76. The topological polar surface area (TPSA) is 0 Å². The number of halogens is 7. The van der Waals surface area contributed by atoms with Crippen molar-refractivity contribution in [2.45, 2.75) is 12.4 Å². The lowest BCUT2D eigenvalue weighted by atomic mass is 9.97. The van der Waals surface area contributed by atoms with Crippen LogP contribution in [0.15, 0.2) is 40.9 Å². The van der Waals surface area contributed by atoms with Crippen molar-refractivity contribution >= 4 is 15.9 Å². The van der Waals surface area contributed by atoms with Crippen molar-refractivity contribution in [3.63, 3.8) is 0 Å². The van der Waals surface area contributed by atoms with Crippen molar-refractivity contribution in [1.82, 2.24) is 0 Å². The monoisotopic (exact) mass is 367 g/mol. The third kappa shape index (κ3) is 3.58. The Balaban J connectivity index is 2.63. The summed E-state index contributed by atoms with van der Waals surface area (Å²) in [6, 6.07) is 8.47. The molecule has 0 aromatic heterocycles. The van der Waals surface area contributed by atoms with Gasteiger partial charge in [0.2, 0.25) is 0 Å². The van der Waals surface area contributed by atoms with Crippen LogP contribution in [-0.4, -0.2) is 0 Å². The molecule has 0 aliphatic heterocycles. The third-order valence-corrected chi connectivity index (χ3v) is 3.24. The zero-order chi connectivity index (χ0) is 15.8. The van der Waals surface area contributed by atoms with Gasteiger partial charge in [0.25, 0.3) is 0 Å². The van der Waals surface area contributed by atoms with E-state index in [1.165, 1.54) is 24.3 Å². The van der Waals surface area contributed by atoms with Crippen LogP contribution >= 0.6 is 15.9 Å².